The molecule has 2 rings (SSSR count). The molecule has 0 spiro atoms. The Morgan fingerprint density at radius 1 is 1.10 bits per heavy atom. The van der Waals surface area contributed by atoms with Gasteiger partial charge >= 0.3 is 5.97 Å². The molecule has 3 nitrogen and oxygen atoms in total. The predicted octanol–water partition coefficient (Wildman–Crippen LogP) is 5.06. The second-order valence-electron chi connectivity index (χ2n) is 4.69. The lowest BCUT2D eigenvalue weighted by Gasteiger charge is -2.29. The molecule has 0 aromatic heterocycles. The zero-order chi connectivity index (χ0) is 15.6. The van der Waals surface area contributed by atoms with Crippen molar-refractivity contribution in [1.29, 1.82) is 0 Å². The van der Waals surface area contributed by atoms with Gasteiger partial charge in [0.15, 0.2) is 5.54 Å². The third kappa shape index (κ3) is 3.43. The maximum atomic E-state index is 11.8. The number of carbonyl (C=O) groups is 1. The minimum Gasteiger partial charge on any atom is -0.479 e. The highest BCUT2D eigenvalue weighted by atomic mass is 35.5. The molecule has 0 amide bonds. The van der Waals surface area contributed by atoms with E-state index in [-0.39, 0.29) is 0 Å². The monoisotopic (exact) mass is 343 g/mol. The lowest BCUT2D eigenvalue weighted by molar-refractivity contribution is -0.142. The molecule has 2 N–H and O–H groups in total. The van der Waals surface area contributed by atoms with Crippen LogP contribution >= 0.6 is 34.8 Å². The summed E-state index contributed by atoms with van der Waals surface area (Å²) in [5.41, 5.74) is -0.486. The van der Waals surface area contributed by atoms with Crippen LogP contribution in [0.25, 0.3) is 0 Å². The first kappa shape index (κ1) is 16.0. The van der Waals surface area contributed by atoms with Crippen LogP contribution in [-0.2, 0) is 10.3 Å². The molecule has 0 aliphatic rings. The van der Waals surface area contributed by atoms with Crippen LogP contribution in [0.15, 0.2) is 42.5 Å². The van der Waals surface area contributed by atoms with Crippen molar-refractivity contribution in [2.45, 2.75) is 12.5 Å². The van der Waals surface area contributed by atoms with Gasteiger partial charge in [-0.3, -0.25) is 0 Å². The quantitative estimate of drug-likeness (QED) is 0.815. The Kier molecular flexibility index (Phi) is 4.67. The van der Waals surface area contributed by atoms with Gasteiger partial charge in [-0.15, -0.1) is 0 Å². The van der Waals surface area contributed by atoms with Crippen molar-refractivity contribution in [3.8, 4) is 0 Å². The SMILES string of the molecule is CC(Nc1cccc(Cl)c1)(C(=O)O)c1cc(Cl)ccc1Cl. The van der Waals surface area contributed by atoms with E-state index in [2.05, 4.69) is 5.32 Å². The number of hydrogen-bond donors (Lipinski definition) is 2. The summed E-state index contributed by atoms with van der Waals surface area (Å²) in [5, 5.41) is 13.8. The fourth-order valence-electron chi connectivity index (χ4n) is 1.97. The number of nitrogens with one attached hydrogen (secondary N) is 1. The second-order valence-corrected chi connectivity index (χ2v) is 5.97. The van der Waals surface area contributed by atoms with Gasteiger partial charge in [0.2, 0.25) is 0 Å². The van der Waals surface area contributed by atoms with Gasteiger partial charge < -0.3 is 10.4 Å². The molecule has 0 aliphatic heterocycles. The molecule has 0 saturated carbocycles. The number of rotatable bonds is 4. The topological polar surface area (TPSA) is 49.3 Å². The zero-order valence-corrected chi connectivity index (χ0v) is 13.3. The summed E-state index contributed by atoms with van der Waals surface area (Å²) >= 11 is 18.0. The normalized spacial score (nSPS) is 13.5. The summed E-state index contributed by atoms with van der Waals surface area (Å²) in [6.07, 6.45) is 0. The number of benzene rings is 2. The lowest BCUT2D eigenvalue weighted by Crippen LogP contribution is -2.40. The fourth-order valence-corrected chi connectivity index (χ4v) is 2.64. The summed E-state index contributed by atoms with van der Waals surface area (Å²) < 4.78 is 0. The largest absolute Gasteiger partial charge is 0.479 e. The zero-order valence-electron chi connectivity index (χ0n) is 11.0. The summed E-state index contributed by atoms with van der Waals surface area (Å²) in [6, 6.07) is 11.5. The Bertz CT molecular complexity index is 690. The van der Waals surface area contributed by atoms with Gasteiger partial charge in [0, 0.05) is 26.3 Å². The molecule has 21 heavy (non-hydrogen) atoms. The average molecular weight is 345 g/mol. The van der Waals surface area contributed by atoms with Crippen molar-refractivity contribution in [3.05, 3.63) is 63.1 Å². The van der Waals surface area contributed by atoms with Crippen molar-refractivity contribution in [1.82, 2.24) is 0 Å². The van der Waals surface area contributed by atoms with E-state index in [1.165, 1.54) is 13.0 Å². The van der Waals surface area contributed by atoms with Crippen LogP contribution in [0.2, 0.25) is 15.1 Å². The van der Waals surface area contributed by atoms with E-state index in [0.29, 0.717) is 26.3 Å². The van der Waals surface area contributed by atoms with Gasteiger partial charge in [-0.1, -0.05) is 40.9 Å². The third-order valence-corrected chi connectivity index (χ3v) is 3.91. The second kappa shape index (κ2) is 6.14. The Balaban J connectivity index is 2.50. The van der Waals surface area contributed by atoms with Crippen molar-refractivity contribution < 1.29 is 9.90 Å². The minimum absolute atomic E-state index is 0.318. The standard InChI is InChI=1S/C15H12Cl3NO2/c1-15(14(20)21,12-8-10(17)5-6-13(12)18)19-11-4-2-3-9(16)7-11/h2-8,19H,1H3,(H,20,21). The first-order chi connectivity index (χ1) is 9.83. The van der Waals surface area contributed by atoms with E-state index in [1.54, 1.807) is 36.4 Å². The average Bonchev–Trinajstić information content (AvgIpc) is 2.41. The van der Waals surface area contributed by atoms with E-state index < -0.39 is 11.5 Å². The smallest absolute Gasteiger partial charge is 0.333 e. The Hall–Kier alpha value is -1.42. The Morgan fingerprint density at radius 2 is 1.76 bits per heavy atom. The van der Waals surface area contributed by atoms with E-state index in [4.69, 9.17) is 34.8 Å². The number of carboxylic acids is 1. The summed E-state index contributed by atoms with van der Waals surface area (Å²) in [4.78, 5) is 11.8. The van der Waals surface area contributed by atoms with Gasteiger partial charge in [0.1, 0.15) is 0 Å². The molecular formula is C15H12Cl3NO2. The van der Waals surface area contributed by atoms with Gasteiger partial charge in [0.05, 0.1) is 0 Å². The van der Waals surface area contributed by atoms with Crippen molar-refractivity contribution in [2.75, 3.05) is 5.32 Å². The molecule has 6 heteroatoms. The van der Waals surface area contributed by atoms with Crippen LogP contribution < -0.4 is 5.32 Å². The molecule has 0 fully saturated rings. The highest BCUT2D eigenvalue weighted by Crippen LogP contribution is 2.34. The third-order valence-electron chi connectivity index (χ3n) is 3.11. The molecule has 0 radical (unpaired) electrons. The number of carboxylic acid groups (broad SMARTS) is 1. The van der Waals surface area contributed by atoms with E-state index in [0.717, 1.165) is 0 Å². The van der Waals surface area contributed by atoms with Gasteiger partial charge in [-0.25, -0.2) is 4.79 Å². The number of anilines is 1. The van der Waals surface area contributed by atoms with Crippen LogP contribution in [0.4, 0.5) is 5.69 Å². The van der Waals surface area contributed by atoms with Crippen LogP contribution in [0.5, 0.6) is 0 Å². The molecule has 0 saturated heterocycles. The number of aliphatic carboxylic acids is 1. The predicted molar refractivity (Wildman–Crippen MR) is 86.5 cm³/mol. The van der Waals surface area contributed by atoms with E-state index >= 15 is 0 Å². The molecule has 0 aliphatic carbocycles. The molecule has 1 unspecified atom stereocenters. The fraction of sp³-hybridized carbons (Fsp3) is 0.133. The Labute approximate surface area is 137 Å². The first-order valence-corrected chi connectivity index (χ1v) is 7.19. The molecular weight excluding hydrogens is 333 g/mol. The maximum Gasteiger partial charge on any atom is 0.333 e. The van der Waals surface area contributed by atoms with Crippen LogP contribution in [0, 0.1) is 0 Å². The van der Waals surface area contributed by atoms with E-state index in [1.807, 2.05) is 0 Å². The van der Waals surface area contributed by atoms with Gasteiger partial charge in [0.25, 0.3) is 0 Å². The molecule has 0 heterocycles. The number of halogens is 3. The molecule has 110 valence electrons. The van der Waals surface area contributed by atoms with Crippen LogP contribution in [0.3, 0.4) is 0 Å². The molecule has 2 aromatic rings. The minimum atomic E-state index is -1.44. The van der Waals surface area contributed by atoms with Gasteiger partial charge in [-0.05, 0) is 43.3 Å². The first-order valence-electron chi connectivity index (χ1n) is 6.05. The highest BCUT2D eigenvalue weighted by Gasteiger charge is 2.37. The summed E-state index contributed by atoms with van der Waals surface area (Å²) in [5.74, 6) is -1.08. The van der Waals surface area contributed by atoms with Gasteiger partial charge in [-0.2, -0.15) is 0 Å². The van der Waals surface area contributed by atoms with Crippen LogP contribution in [0.1, 0.15) is 12.5 Å². The van der Waals surface area contributed by atoms with Crippen LogP contribution in [-0.4, -0.2) is 11.1 Å². The van der Waals surface area contributed by atoms with Crippen molar-refractivity contribution >= 4 is 46.5 Å². The highest BCUT2D eigenvalue weighted by molar-refractivity contribution is 6.34. The maximum absolute atomic E-state index is 11.8. The Morgan fingerprint density at radius 3 is 2.38 bits per heavy atom. The summed E-state index contributed by atoms with van der Waals surface area (Å²) in [6.45, 7) is 1.52. The van der Waals surface area contributed by atoms with Crippen molar-refractivity contribution in [3.63, 3.8) is 0 Å². The molecule has 0 bridgehead atoms. The van der Waals surface area contributed by atoms with Crippen molar-refractivity contribution in [2.24, 2.45) is 0 Å². The van der Waals surface area contributed by atoms with E-state index in [9.17, 15) is 9.90 Å². The number of hydrogen-bond acceptors (Lipinski definition) is 2. The molecule has 1 atom stereocenters. The summed E-state index contributed by atoms with van der Waals surface area (Å²) in [7, 11) is 0. The lowest BCUT2D eigenvalue weighted by atomic mass is 9.91. The molecule has 2 aromatic carbocycles.